The van der Waals surface area contributed by atoms with E-state index >= 15 is 0 Å². The van der Waals surface area contributed by atoms with Gasteiger partial charge in [0, 0.05) is 12.0 Å². The van der Waals surface area contributed by atoms with Crippen LogP contribution < -0.4 is 4.57 Å². The molecule has 0 atom stereocenters. The number of rotatable bonds is 2. The molecule has 0 N–H and O–H groups in total. The lowest BCUT2D eigenvalue weighted by molar-refractivity contribution is -0.659. The second kappa shape index (κ2) is 5.24. The van der Waals surface area contributed by atoms with Gasteiger partial charge in [-0.1, -0.05) is 25.5 Å². The summed E-state index contributed by atoms with van der Waals surface area (Å²) in [6.07, 6.45) is 2.06. The van der Waals surface area contributed by atoms with Crippen LogP contribution in [0.2, 0.25) is 0 Å². The van der Waals surface area contributed by atoms with Crippen LogP contribution in [-0.2, 0) is 7.05 Å². The van der Waals surface area contributed by atoms with Crippen molar-refractivity contribution < 1.29 is 8.98 Å². The highest BCUT2D eigenvalue weighted by molar-refractivity contribution is 5.87. The van der Waals surface area contributed by atoms with E-state index in [0.29, 0.717) is 0 Å². The van der Waals surface area contributed by atoms with Crippen molar-refractivity contribution in [3.05, 3.63) is 47.0 Å². The fourth-order valence-electron chi connectivity index (χ4n) is 2.89. The molecule has 0 spiro atoms. The Morgan fingerprint density at radius 2 is 1.86 bits per heavy atom. The molecule has 0 unspecified atom stereocenters. The lowest BCUT2D eigenvalue weighted by Gasteiger charge is -2.09. The van der Waals surface area contributed by atoms with Crippen molar-refractivity contribution in [1.82, 2.24) is 4.98 Å². The number of nitrogens with zero attached hydrogens (tertiary/aromatic N) is 2. The van der Waals surface area contributed by atoms with Gasteiger partial charge in [-0.05, 0) is 38.0 Å². The molecule has 114 valence electrons. The van der Waals surface area contributed by atoms with Gasteiger partial charge >= 0.3 is 0 Å². The number of aromatic nitrogens is 2. The van der Waals surface area contributed by atoms with Crippen molar-refractivity contribution in [1.29, 1.82) is 0 Å². The van der Waals surface area contributed by atoms with Crippen LogP contribution in [0.1, 0.15) is 42.3 Å². The predicted molar refractivity (Wildman–Crippen MR) is 88.9 cm³/mol. The molecule has 3 rings (SSSR count). The molecule has 22 heavy (non-hydrogen) atoms. The molecular weight excluding hydrogens is 272 g/mol. The van der Waals surface area contributed by atoms with E-state index in [-0.39, 0.29) is 5.92 Å². The largest absolute Gasteiger partial charge is 0.433 e. The molecule has 0 fully saturated rings. The Labute approximate surface area is 131 Å². The zero-order valence-electron chi connectivity index (χ0n) is 14.2. The van der Waals surface area contributed by atoms with Gasteiger partial charge in [-0.3, -0.25) is 0 Å². The molecular formula is C19H23N2O+. The molecule has 2 aromatic heterocycles. The third-order valence-corrected chi connectivity index (χ3v) is 4.25. The van der Waals surface area contributed by atoms with Crippen LogP contribution in [0.3, 0.4) is 0 Å². The van der Waals surface area contributed by atoms with Crippen LogP contribution >= 0.6 is 0 Å². The maximum Gasteiger partial charge on any atom is 0.257 e. The van der Waals surface area contributed by atoms with Crippen molar-refractivity contribution in [3.63, 3.8) is 0 Å². The van der Waals surface area contributed by atoms with Gasteiger partial charge in [-0.15, -0.1) is 0 Å². The Hall–Kier alpha value is -2.16. The van der Waals surface area contributed by atoms with E-state index in [1.54, 1.807) is 0 Å². The molecule has 0 aliphatic carbocycles. The fraction of sp³-hybridized carbons (Fsp3) is 0.368. The average molecular weight is 295 g/mol. The lowest BCUT2D eigenvalue weighted by atomic mass is 9.97. The second-order valence-corrected chi connectivity index (χ2v) is 6.45. The third kappa shape index (κ3) is 2.31. The molecule has 1 aromatic carbocycles. The molecule has 0 radical (unpaired) electrons. The van der Waals surface area contributed by atoms with Gasteiger partial charge in [0.15, 0.2) is 12.1 Å². The molecule has 0 bridgehead atoms. The molecule has 0 saturated heterocycles. The van der Waals surface area contributed by atoms with E-state index in [4.69, 9.17) is 4.42 Å². The van der Waals surface area contributed by atoms with Crippen LogP contribution in [0.15, 0.2) is 28.8 Å². The first kappa shape index (κ1) is 14.8. The Kier molecular flexibility index (Phi) is 3.51. The van der Waals surface area contributed by atoms with E-state index < -0.39 is 0 Å². The maximum absolute atomic E-state index is 6.10. The van der Waals surface area contributed by atoms with Crippen molar-refractivity contribution >= 4 is 11.1 Å². The van der Waals surface area contributed by atoms with Crippen LogP contribution in [0.25, 0.3) is 22.4 Å². The molecule has 2 heterocycles. The van der Waals surface area contributed by atoms with Crippen LogP contribution in [0.4, 0.5) is 0 Å². The number of benzene rings is 1. The van der Waals surface area contributed by atoms with Crippen LogP contribution in [0, 0.1) is 20.8 Å². The minimum absolute atomic E-state index is 0.283. The van der Waals surface area contributed by atoms with E-state index in [0.717, 1.165) is 22.7 Å². The smallest absolute Gasteiger partial charge is 0.257 e. The molecule has 3 aromatic rings. The van der Waals surface area contributed by atoms with Crippen molar-refractivity contribution in [2.45, 2.75) is 40.5 Å². The molecule has 0 amide bonds. The summed E-state index contributed by atoms with van der Waals surface area (Å²) in [6.45, 7) is 10.7. The Bertz CT molecular complexity index is 859. The lowest BCUT2D eigenvalue weighted by Crippen LogP contribution is -2.30. The van der Waals surface area contributed by atoms with E-state index in [2.05, 4.69) is 69.5 Å². The van der Waals surface area contributed by atoms with Crippen molar-refractivity contribution in [2.24, 2.45) is 7.05 Å². The Morgan fingerprint density at radius 1 is 1.14 bits per heavy atom. The SMILES string of the molecule is Cc1cc(C)c(C)c(-c2c3oc(C(C)C)nc3cc[n+]2C)c1. The highest BCUT2D eigenvalue weighted by Gasteiger charge is 2.23. The summed E-state index contributed by atoms with van der Waals surface area (Å²) in [4.78, 5) is 4.63. The van der Waals surface area contributed by atoms with Gasteiger partial charge < -0.3 is 4.42 Å². The number of fused-ring (bicyclic) bond motifs is 1. The first-order chi connectivity index (χ1) is 10.4. The van der Waals surface area contributed by atoms with Gasteiger partial charge in [0.25, 0.3) is 5.69 Å². The molecule has 3 heteroatoms. The molecule has 0 aliphatic rings. The Morgan fingerprint density at radius 3 is 2.55 bits per heavy atom. The highest BCUT2D eigenvalue weighted by Crippen LogP contribution is 2.31. The number of hydrogen-bond acceptors (Lipinski definition) is 2. The molecule has 3 nitrogen and oxygen atoms in total. The quantitative estimate of drug-likeness (QED) is 0.657. The second-order valence-electron chi connectivity index (χ2n) is 6.45. The van der Waals surface area contributed by atoms with Gasteiger partial charge in [0.05, 0.1) is 5.56 Å². The number of hydrogen-bond donors (Lipinski definition) is 0. The highest BCUT2D eigenvalue weighted by atomic mass is 16.3. The van der Waals surface area contributed by atoms with Crippen molar-refractivity contribution in [3.8, 4) is 11.3 Å². The summed E-state index contributed by atoms with van der Waals surface area (Å²) >= 11 is 0. The summed E-state index contributed by atoms with van der Waals surface area (Å²) in [5, 5.41) is 0. The standard InChI is InChI=1S/C19H23N2O/c1-11(2)19-20-16-7-8-21(6)17(18(16)22-19)15-10-12(3)9-13(4)14(15)5/h7-11H,1-6H3/q+1. The average Bonchev–Trinajstić information content (AvgIpc) is 2.87. The molecule has 0 saturated carbocycles. The summed E-state index contributed by atoms with van der Waals surface area (Å²) in [5.74, 6) is 1.08. The summed E-state index contributed by atoms with van der Waals surface area (Å²) in [5.41, 5.74) is 7.97. The predicted octanol–water partition coefficient (Wildman–Crippen LogP) is 4.37. The summed E-state index contributed by atoms with van der Waals surface area (Å²) in [7, 11) is 2.06. The number of aryl methyl sites for hydroxylation is 3. The first-order valence-electron chi connectivity index (χ1n) is 7.75. The topological polar surface area (TPSA) is 29.9 Å². The molecule has 0 aliphatic heterocycles. The van der Waals surface area contributed by atoms with Crippen molar-refractivity contribution in [2.75, 3.05) is 0 Å². The number of oxazole rings is 1. The number of pyridine rings is 1. The normalized spacial score (nSPS) is 11.6. The van der Waals surface area contributed by atoms with Gasteiger partial charge in [-0.25, -0.2) is 4.98 Å². The van der Waals surface area contributed by atoms with E-state index in [1.807, 2.05) is 6.07 Å². The third-order valence-electron chi connectivity index (χ3n) is 4.25. The zero-order chi connectivity index (χ0) is 16.0. The van der Waals surface area contributed by atoms with Gasteiger partial charge in [-0.2, -0.15) is 4.57 Å². The van der Waals surface area contributed by atoms with Crippen LogP contribution in [-0.4, -0.2) is 4.98 Å². The van der Waals surface area contributed by atoms with Gasteiger partial charge in [0.2, 0.25) is 5.58 Å². The fourth-order valence-corrected chi connectivity index (χ4v) is 2.89. The Balaban J connectivity index is 2.37. The minimum atomic E-state index is 0.283. The minimum Gasteiger partial charge on any atom is -0.433 e. The van der Waals surface area contributed by atoms with Gasteiger partial charge in [0.1, 0.15) is 12.6 Å². The monoisotopic (exact) mass is 295 g/mol. The summed E-state index contributed by atoms with van der Waals surface area (Å²) < 4.78 is 8.22. The maximum atomic E-state index is 6.10. The van der Waals surface area contributed by atoms with E-state index in [9.17, 15) is 0 Å². The summed E-state index contributed by atoms with van der Waals surface area (Å²) in [6, 6.07) is 6.47. The van der Waals surface area contributed by atoms with E-state index in [1.165, 1.54) is 22.3 Å². The zero-order valence-corrected chi connectivity index (χ0v) is 14.2. The van der Waals surface area contributed by atoms with Crippen LogP contribution in [0.5, 0.6) is 0 Å². The first-order valence-corrected chi connectivity index (χ1v) is 7.75.